The highest BCUT2D eigenvalue weighted by Crippen LogP contribution is 1.92. The van der Waals surface area contributed by atoms with Gasteiger partial charge in [0, 0.05) is 0 Å². The highest BCUT2D eigenvalue weighted by molar-refractivity contribution is 4.64. The number of ether oxygens (including phenoxy) is 1. The van der Waals surface area contributed by atoms with Crippen LogP contribution in [-0.4, -0.2) is 19.8 Å². The summed E-state index contributed by atoms with van der Waals surface area (Å²) >= 11 is 0. The molecule has 0 aromatic rings. The van der Waals surface area contributed by atoms with E-state index in [-0.39, 0.29) is 0 Å². The number of nitrogens with two attached hydrogens (primary N) is 1. The van der Waals surface area contributed by atoms with Crippen LogP contribution in [0.5, 0.6) is 0 Å². The zero-order valence-electron chi connectivity index (χ0n) is 6.68. The number of hydrogen-bond donors (Lipinski definition) is 1. The van der Waals surface area contributed by atoms with Crippen molar-refractivity contribution in [3.05, 3.63) is 12.7 Å². The molecule has 0 spiro atoms. The molecule has 60 valence electrons. The van der Waals surface area contributed by atoms with Crippen LogP contribution in [0, 0.1) is 5.92 Å². The second kappa shape index (κ2) is 6.78. The van der Waals surface area contributed by atoms with Crippen LogP contribution >= 0.6 is 0 Å². The zero-order valence-corrected chi connectivity index (χ0v) is 6.68. The minimum absolute atomic E-state index is 0.477. The van der Waals surface area contributed by atoms with Crippen molar-refractivity contribution in [3.63, 3.8) is 0 Å². The number of hydrogen-bond acceptors (Lipinski definition) is 2. The molecule has 0 rings (SSSR count). The molecule has 0 aliphatic rings. The molecule has 0 fully saturated rings. The first-order valence-electron chi connectivity index (χ1n) is 3.70. The van der Waals surface area contributed by atoms with Crippen LogP contribution < -0.4 is 5.73 Å². The molecule has 10 heavy (non-hydrogen) atoms. The van der Waals surface area contributed by atoms with Gasteiger partial charge in [-0.2, -0.15) is 0 Å². The van der Waals surface area contributed by atoms with Crippen molar-refractivity contribution in [3.8, 4) is 0 Å². The predicted molar refractivity (Wildman–Crippen MR) is 43.9 cm³/mol. The maximum absolute atomic E-state index is 5.39. The lowest BCUT2D eigenvalue weighted by atomic mass is 10.2. The molecular weight excluding hydrogens is 126 g/mol. The fourth-order valence-electron chi connectivity index (χ4n) is 0.519. The van der Waals surface area contributed by atoms with E-state index in [4.69, 9.17) is 10.5 Å². The Morgan fingerprint density at radius 2 is 2.40 bits per heavy atom. The van der Waals surface area contributed by atoms with Crippen molar-refractivity contribution < 1.29 is 4.74 Å². The van der Waals surface area contributed by atoms with E-state index in [1.165, 1.54) is 0 Å². The Kier molecular flexibility index (Phi) is 6.55. The molecule has 2 heteroatoms. The van der Waals surface area contributed by atoms with Crippen LogP contribution in [0.2, 0.25) is 0 Å². The first-order valence-corrected chi connectivity index (χ1v) is 3.70. The summed E-state index contributed by atoms with van der Waals surface area (Å²) in [4.78, 5) is 0. The molecule has 0 aromatic heterocycles. The first-order chi connectivity index (χ1) is 4.81. The predicted octanol–water partition coefficient (Wildman–Crippen LogP) is 1.17. The molecule has 0 bridgehead atoms. The van der Waals surface area contributed by atoms with Gasteiger partial charge in [-0.05, 0) is 18.9 Å². The third-order valence-corrected chi connectivity index (χ3v) is 1.27. The van der Waals surface area contributed by atoms with E-state index in [2.05, 4.69) is 13.5 Å². The lowest BCUT2D eigenvalue weighted by molar-refractivity contribution is 0.111. The second-order valence-corrected chi connectivity index (χ2v) is 2.49. The fraction of sp³-hybridized carbons (Fsp3) is 0.750. The average molecular weight is 143 g/mol. The smallest absolute Gasteiger partial charge is 0.0503 e. The lowest BCUT2D eigenvalue weighted by Crippen LogP contribution is -2.16. The SMILES string of the molecule is C=CCCOCC(C)CN. The van der Waals surface area contributed by atoms with E-state index >= 15 is 0 Å². The Labute approximate surface area is 63.1 Å². The summed E-state index contributed by atoms with van der Waals surface area (Å²) in [5.41, 5.74) is 5.39. The van der Waals surface area contributed by atoms with Crippen molar-refractivity contribution in [2.75, 3.05) is 19.8 Å². The minimum atomic E-state index is 0.477. The summed E-state index contributed by atoms with van der Waals surface area (Å²) in [6, 6.07) is 0. The van der Waals surface area contributed by atoms with Crippen LogP contribution in [0.1, 0.15) is 13.3 Å². The van der Waals surface area contributed by atoms with Gasteiger partial charge < -0.3 is 10.5 Å². The maximum atomic E-state index is 5.39. The van der Waals surface area contributed by atoms with Gasteiger partial charge in [0.1, 0.15) is 0 Å². The van der Waals surface area contributed by atoms with Gasteiger partial charge in [-0.1, -0.05) is 13.0 Å². The molecule has 0 aliphatic carbocycles. The van der Waals surface area contributed by atoms with Gasteiger partial charge in [-0.15, -0.1) is 6.58 Å². The Morgan fingerprint density at radius 3 is 2.90 bits per heavy atom. The van der Waals surface area contributed by atoms with Gasteiger partial charge in [0.2, 0.25) is 0 Å². The summed E-state index contributed by atoms with van der Waals surface area (Å²) in [5, 5.41) is 0. The topological polar surface area (TPSA) is 35.2 Å². The highest BCUT2D eigenvalue weighted by Gasteiger charge is 1.96. The highest BCUT2D eigenvalue weighted by atomic mass is 16.5. The maximum Gasteiger partial charge on any atom is 0.0503 e. The van der Waals surface area contributed by atoms with Crippen LogP contribution in [0.3, 0.4) is 0 Å². The molecular formula is C8H17NO. The molecule has 1 unspecified atom stereocenters. The van der Waals surface area contributed by atoms with Crippen LogP contribution in [0.4, 0.5) is 0 Å². The average Bonchev–Trinajstić information content (AvgIpc) is 1.98. The Bertz CT molecular complexity index is 83.3. The van der Waals surface area contributed by atoms with Gasteiger partial charge in [0.15, 0.2) is 0 Å². The summed E-state index contributed by atoms with van der Waals surface area (Å²) < 4.78 is 5.28. The standard InChI is InChI=1S/C8H17NO/c1-3-4-5-10-7-8(2)6-9/h3,8H,1,4-7,9H2,2H3. The summed E-state index contributed by atoms with van der Waals surface area (Å²) in [6.07, 6.45) is 2.78. The summed E-state index contributed by atoms with van der Waals surface area (Å²) in [6.45, 7) is 7.91. The fourth-order valence-corrected chi connectivity index (χ4v) is 0.519. The third-order valence-electron chi connectivity index (χ3n) is 1.27. The monoisotopic (exact) mass is 143 g/mol. The lowest BCUT2D eigenvalue weighted by Gasteiger charge is -2.07. The molecule has 1 atom stereocenters. The Balaban J connectivity index is 2.95. The Hall–Kier alpha value is -0.340. The second-order valence-electron chi connectivity index (χ2n) is 2.49. The van der Waals surface area contributed by atoms with E-state index in [1.54, 1.807) is 0 Å². The van der Waals surface area contributed by atoms with E-state index in [0.717, 1.165) is 19.6 Å². The van der Waals surface area contributed by atoms with Crippen LogP contribution in [-0.2, 0) is 4.74 Å². The van der Waals surface area contributed by atoms with Gasteiger partial charge in [-0.3, -0.25) is 0 Å². The van der Waals surface area contributed by atoms with Crippen molar-refractivity contribution in [1.82, 2.24) is 0 Å². The molecule has 2 N–H and O–H groups in total. The molecule has 2 nitrogen and oxygen atoms in total. The third kappa shape index (κ3) is 5.79. The molecule has 0 radical (unpaired) electrons. The van der Waals surface area contributed by atoms with E-state index in [9.17, 15) is 0 Å². The normalized spacial score (nSPS) is 13.0. The molecule has 0 saturated heterocycles. The van der Waals surface area contributed by atoms with Gasteiger partial charge in [0.25, 0.3) is 0 Å². The minimum Gasteiger partial charge on any atom is -0.381 e. The zero-order chi connectivity index (χ0) is 7.82. The molecule has 0 aromatic carbocycles. The molecule has 0 aliphatic heterocycles. The quantitative estimate of drug-likeness (QED) is 0.447. The van der Waals surface area contributed by atoms with E-state index in [1.807, 2.05) is 6.08 Å². The molecule has 0 heterocycles. The molecule has 0 amide bonds. The first kappa shape index (κ1) is 9.66. The van der Waals surface area contributed by atoms with Crippen molar-refractivity contribution in [1.29, 1.82) is 0 Å². The summed E-state index contributed by atoms with van der Waals surface area (Å²) in [7, 11) is 0. The summed E-state index contributed by atoms with van der Waals surface area (Å²) in [5.74, 6) is 0.477. The Morgan fingerprint density at radius 1 is 1.70 bits per heavy atom. The van der Waals surface area contributed by atoms with Gasteiger partial charge in [0.05, 0.1) is 13.2 Å². The van der Waals surface area contributed by atoms with Gasteiger partial charge in [-0.25, -0.2) is 0 Å². The molecule has 0 saturated carbocycles. The number of rotatable bonds is 6. The van der Waals surface area contributed by atoms with Crippen LogP contribution in [0.25, 0.3) is 0 Å². The van der Waals surface area contributed by atoms with E-state index < -0.39 is 0 Å². The van der Waals surface area contributed by atoms with Crippen molar-refractivity contribution in [2.45, 2.75) is 13.3 Å². The van der Waals surface area contributed by atoms with E-state index in [0.29, 0.717) is 12.5 Å². The van der Waals surface area contributed by atoms with Crippen molar-refractivity contribution in [2.24, 2.45) is 11.7 Å². The van der Waals surface area contributed by atoms with Crippen molar-refractivity contribution >= 4 is 0 Å². The largest absolute Gasteiger partial charge is 0.381 e. The van der Waals surface area contributed by atoms with Crippen LogP contribution in [0.15, 0.2) is 12.7 Å². The van der Waals surface area contributed by atoms with Gasteiger partial charge >= 0.3 is 0 Å².